The van der Waals surface area contributed by atoms with Crippen LogP contribution in [0.15, 0.2) is 18.2 Å². The molecule has 1 aliphatic heterocycles. The lowest BCUT2D eigenvalue weighted by Crippen LogP contribution is -2.41. The summed E-state index contributed by atoms with van der Waals surface area (Å²) in [6.45, 7) is 7.75. The molecule has 1 atom stereocenters. The normalized spacial score (nSPS) is 19.8. The molecule has 0 aromatic heterocycles. The molecule has 6 nitrogen and oxygen atoms in total. The largest absolute Gasteiger partial charge is 0.493 e. The number of para-hydroxylation sites is 1. The van der Waals surface area contributed by atoms with Gasteiger partial charge in [0.15, 0.2) is 11.5 Å². The summed E-state index contributed by atoms with van der Waals surface area (Å²) in [7, 11) is 2.39. The van der Waals surface area contributed by atoms with Crippen LogP contribution in [0.2, 0.25) is 0 Å². The highest BCUT2D eigenvalue weighted by molar-refractivity contribution is 6.48. The molecular weight excluding hydrogens is 311 g/mol. The summed E-state index contributed by atoms with van der Waals surface area (Å²) in [6, 6.07) is 5.39. The number of hydrogen-bond acceptors (Lipinski definition) is 5. The minimum absolute atomic E-state index is 0.139. The number of benzene rings is 1. The molecule has 1 unspecified atom stereocenters. The Labute approximate surface area is 143 Å². The lowest BCUT2D eigenvalue weighted by molar-refractivity contribution is -0.137. The zero-order valence-corrected chi connectivity index (χ0v) is 15.1. The molecule has 1 aromatic rings. The van der Waals surface area contributed by atoms with Crippen molar-refractivity contribution in [2.45, 2.75) is 51.1 Å². The zero-order valence-electron chi connectivity index (χ0n) is 15.1. The van der Waals surface area contributed by atoms with Crippen LogP contribution in [-0.4, -0.2) is 43.6 Å². The van der Waals surface area contributed by atoms with E-state index in [0.717, 1.165) is 0 Å². The van der Waals surface area contributed by atoms with E-state index in [1.807, 2.05) is 33.8 Å². The summed E-state index contributed by atoms with van der Waals surface area (Å²) in [5.74, 6) is -0.406. The first-order chi connectivity index (χ1) is 11.1. The van der Waals surface area contributed by atoms with Crippen molar-refractivity contribution in [3.63, 3.8) is 0 Å². The Kier molecular flexibility index (Phi) is 5.15. The molecule has 0 bridgehead atoms. The summed E-state index contributed by atoms with van der Waals surface area (Å²) >= 11 is 0. The number of aliphatic carboxylic acids is 1. The second-order valence-electron chi connectivity index (χ2n) is 6.91. The quantitative estimate of drug-likeness (QED) is 0.805. The van der Waals surface area contributed by atoms with Gasteiger partial charge < -0.3 is 23.9 Å². The topological polar surface area (TPSA) is 74.2 Å². The van der Waals surface area contributed by atoms with Gasteiger partial charge in [0.25, 0.3) is 0 Å². The average Bonchev–Trinajstić information content (AvgIpc) is 2.71. The monoisotopic (exact) mass is 336 g/mol. The third-order valence-corrected chi connectivity index (χ3v) is 4.83. The van der Waals surface area contributed by atoms with Crippen LogP contribution >= 0.6 is 0 Å². The zero-order chi connectivity index (χ0) is 18.1. The fourth-order valence-corrected chi connectivity index (χ4v) is 2.80. The van der Waals surface area contributed by atoms with Crippen LogP contribution in [0.5, 0.6) is 11.5 Å². The van der Waals surface area contributed by atoms with E-state index in [-0.39, 0.29) is 6.42 Å². The van der Waals surface area contributed by atoms with Gasteiger partial charge in [0.05, 0.1) is 31.8 Å². The molecule has 0 saturated carbocycles. The smallest absolute Gasteiger partial charge is 0.466 e. The summed E-state index contributed by atoms with van der Waals surface area (Å²) in [5, 5.41) is 9.37. The van der Waals surface area contributed by atoms with E-state index >= 15 is 0 Å². The molecule has 1 aromatic carbocycles. The van der Waals surface area contributed by atoms with Crippen molar-refractivity contribution < 1.29 is 28.7 Å². The minimum atomic E-state index is -0.931. The Morgan fingerprint density at radius 3 is 2.21 bits per heavy atom. The number of carboxylic acid groups (broad SMARTS) is 1. The van der Waals surface area contributed by atoms with E-state index in [9.17, 15) is 9.90 Å². The predicted molar refractivity (Wildman–Crippen MR) is 90.6 cm³/mol. The van der Waals surface area contributed by atoms with Crippen LogP contribution in [0, 0.1) is 0 Å². The number of methoxy groups -OCH3 is 2. The molecule has 1 heterocycles. The van der Waals surface area contributed by atoms with Gasteiger partial charge in [0, 0.05) is 5.82 Å². The van der Waals surface area contributed by atoms with E-state index in [2.05, 4.69) is 0 Å². The summed E-state index contributed by atoms with van der Waals surface area (Å²) in [5.41, 5.74) is -0.390. The Morgan fingerprint density at radius 1 is 1.17 bits per heavy atom. The van der Waals surface area contributed by atoms with E-state index < -0.39 is 30.1 Å². The second-order valence-corrected chi connectivity index (χ2v) is 6.91. The first kappa shape index (κ1) is 18.6. The van der Waals surface area contributed by atoms with Gasteiger partial charge in [-0.15, -0.1) is 0 Å². The van der Waals surface area contributed by atoms with Crippen molar-refractivity contribution in [1.82, 2.24) is 0 Å². The third-order valence-electron chi connectivity index (χ3n) is 4.83. The molecule has 0 radical (unpaired) electrons. The van der Waals surface area contributed by atoms with Gasteiger partial charge in [0.1, 0.15) is 0 Å². The molecule has 1 fully saturated rings. The number of rotatable bonds is 6. The van der Waals surface area contributed by atoms with E-state index in [1.165, 1.54) is 7.11 Å². The molecule has 132 valence electrons. The lowest BCUT2D eigenvalue weighted by atomic mass is 9.66. The van der Waals surface area contributed by atoms with Crippen LogP contribution < -0.4 is 9.47 Å². The van der Waals surface area contributed by atoms with Crippen LogP contribution in [0.3, 0.4) is 0 Å². The third kappa shape index (κ3) is 3.37. The Balaban J connectivity index is 2.46. The van der Waals surface area contributed by atoms with Crippen LogP contribution in [0.4, 0.5) is 0 Å². The van der Waals surface area contributed by atoms with Crippen LogP contribution in [0.1, 0.15) is 45.5 Å². The molecule has 1 aliphatic rings. The first-order valence-electron chi connectivity index (χ1n) is 7.91. The lowest BCUT2D eigenvalue weighted by Gasteiger charge is -2.32. The number of carboxylic acids is 1. The fourth-order valence-electron chi connectivity index (χ4n) is 2.80. The standard InChI is InChI=1S/C17H25BO6/c1-16(2)17(3,4)24-18(23-16)12(10-14(19)20)11-8-7-9-13(21-5)15(11)22-6/h7-9,12H,10H2,1-6H3,(H,19,20). The maximum atomic E-state index is 11.4. The predicted octanol–water partition coefficient (Wildman–Crippen LogP) is 2.89. The molecule has 7 heteroatoms. The first-order valence-corrected chi connectivity index (χ1v) is 7.91. The van der Waals surface area contributed by atoms with E-state index in [1.54, 1.807) is 19.2 Å². The molecule has 0 amide bonds. The molecule has 1 saturated heterocycles. The van der Waals surface area contributed by atoms with Gasteiger partial charge in [0.2, 0.25) is 0 Å². The molecule has 1 N–H and O–H groups in total. The van der Waals surface area contributed by atoms with Crippen LogP contribution in [0.25, 0.3) is 0 Å². The Bertz CT molecular complexity index is 597. The van der Waals surface area contributed by atoms with Crippen molar-refractivity contribution in [3.8, 4) is 11.5 Å². The number of carbonyl (C=O) groups is 1. The van der Waals surface area contributed by atoms with Crippen molar-refractivity contribution in [3.05, 3.63) is 23.8 Å². The van der Waals surface area contributed by atoms with Crippen molar-refractivity contribution in [1.29, 1.82) is 0 Å². The number of hydrogen-bond donors (Lipinski definition) is 1. The van der Waals surface area contributed by atoms with Gasteiger partial charge in [-0.05, 0) is 39.3 Å². The van der Waals surface area contributed by atoms with Gasteiger partial charge >= 0.3 is 13.1 Å². The SMILES string of the molecule is COc1cccc(C(CC(=O)O)B2OC(C)(C)C(C)(C)O2)c1OC. The van der Waals surface area contributed by atoms with Gasteiger partial charge in [-0.1, -0.05) is 12.1 Å². The van der Waals surface area contributed by atoms with Gasteiger partial charge in [-0.25, -0.2) is 0 Å². The van der Waals surface area contributed by atoms with E-state index in [4.69, 9.17) is 18.8 Å². The molecule has 0 spiro atoms. The second kappa shape index (κ2) is 6.65. The van der Waals surface area contributed by atoms with Crippen molar-refractivity contribution in [2.75, 3.05) is 14.2 Å². The number of ether oxygens (including phenoxy) is 2. The highest BCUT2D eigenvalue weighted by atomic mass is 16.7. The van der Waals surface area contributed by atoms with E-state index in [0.29, 0.717) is 17.1 Å². The van der Waals surface area contributed by atoms with Crippen molar-refractivity contribution >= 4 is 13.1 Å². The van der Waals surface area contributed by atoms with Crippen molar-refractivity contribution in [2.24, 2.45) is 0 Å². The maximum absolute atomic E-state index is 11.4. The summed E-state index contributed by atoms with van der Waals surface area (Å²) in [4.78, 5) is 11.4. The maximum Gasteiger partial charge on any atom is 0.466 e. The van der Waals surface area contributed by atoms with Crippen LogP contribution in [-0.2, 0) is 14.1 Å². The summed E-state index contributed by atoms with van der Waals surface area (Å²) < 4.78 is 22.9. The van der Waals surface area contributed by atoms with Gasteiger partial charge in [-0.2, -0.15) is 0 Å². The highest BCUT2D eigenvalue weighted by Crippen LogP contribution is 2.45. The van der Waals surface area contributed by atoms with Gasteiger partial charge in [-0.3, -0.25) is 4.79 Å². The molecular formula is C17H25BO6. The molecule has 0 aliphatic carbocycles. The highest BCUT2D eigenvalue weighted by Gasteiger charge is 2.54. The molecule has 24 heavy (non-hydrogen) atoms. The minimum Gasteiger partial charge on any atom is -0.493 e. The average molecular weight is 336 g/mol. The summed E-state index contributed by atoms with van der Waals surface area (Å²) in [6.07, 6.45) is -0.139. The fraction of sp³-hybridized carbons (Fsp3) is 0.588. The molecule has 2 rings (SSSR count). The Hall–Kier alpha value is -1.73. The Morgan fingerprint density at radius 2 is 1.75 bits per heavy atom.